The van der Waals surface area contributed by atoms with Crippen LogP contribution in [0.2, 0.25) is 5.02 Å². The third-order valence-electron chi connectivity index (χ3n) is 4.37. The highest BCUT2D eigenvalue weighted by atomic mass is 35.5. The average molecular weight is 426 g/mol. The molecular formula is C23H21ClFN3O2. The van der Waals surface area contributed by atoms with Gasteiger partial charge in [0, 0.05) is 29.4 Å². The van der Waals surface area contributed by atoms with E-state index in [1.807, 2.05) is 13.0 Å². The van der Waals surface area contributed by atoms with Crippen molar-refractivity contribution in [1.29, 1.82) is 0 Å². The van der Waals surface area contributed by atoms with Crippen LogP contribution in [0.5, 0.6) is 0 Å². The lowest BCUT2D eigenvalue weighted by molar-refractivity contribution is -0.118. The summed E-state index contributed by atoms with van der Waals surface area (Å²) in [7, 11) is 0. The van der Waals surface area contributed by atoms with Crippen molar-refractivity contribution in [2.45, 2.75) is 26.2 Å². The first-order chi connectivity index (χ1) is 14.5. The molecule has 3 aromatic rings. The highest BCUT2D eigenvalue weighted by Gasteiger charge is 2.19. The van der Waals surface area contributed by atoms with E-state index in [0.29, 0.717) is 35.1 Å². The van der Waals surface area contributed by atoms with Gasteiger partial charge in [-0.15, -0.1) is 0 Å². The first-order valence-corrected chi connectivity index (χ1v) is 9.93. The minimum atomic E-state index is -0.393. The number of aromatic nitrogens is 1. The Morgan fingerprint density at radius 3 is 2.53 bits per heavy atom. The Morgan fingerprint density at radius 2 is 1.83 bits per heavy atom. The lowest BCUT2D eigenvalue weighted by Gasteiger charge is -2.22. The van der Waals surface area contributed by atoms with Crippen molar-refractivity contribution in [2.75, 3.05) is 10.2 Å². The van der Waals surface area contributed by atoms with Gasteiger partial charge in [-0.1, -0.05) is 36.7 Å². The molecule has 0 radical (unpaired) electrons. The third kappa shape index (κ3) is 5.42. The fourth-order valence-electron chi connectivity index (χ4n) is 2.96. The minimum Gasteiger partial charge on any atom is -0.326 e. The summed E-state index contributed by atoms with van der Waals surface area (Å²) < 4.78 is 13.3. The SMILES string of the molecule is CCCC(=O)N(c1ccc(F)cc1)c1cc(NC(=O)Cc2ccccc2Cl)ccn1. The molecule has 1 N–H and O–H groups in total. The van der Waals surface area contributed by atoms with E-state index < -0.39 is 5.82 Å². The molecule has 2 aromatic carbocycles. The molecule has 0 spiro atoms. The Hall–Kier alpha value is -3.25. The molecule has 0 fully saturated rings. The van der Waals surface area contributed by atoms with Crippen molar-refractivity contribution in [3.8, 4) is 0 Å². The number of carbonyl (C=O) groups excluding carboxylic acids is 2. The number of halogens is 2. The van der Waals surface area contributed by atoms with Crippen LogP contribution >= 0.6 is 11.6 Å². The first kappa shape index (κ1) is 21.5. The van der Waals surface area contributed by atoms with Crippen molar-refractivity contribution in [2.24, 2.45) is 0 Å². The van der Waals surface area contributed by atoms with Gasteiger partial charge >= 0.3 is 0 Å². The predicted molar refractivity (Wildman–Crippen MR) is 116 cm³/mol. The summed E-state index contributed by atoms with van der Waals surface area (Å²) in [6, 6.07) is 16.0. The molecule has 30 heavy (non-hydrogen) atoms. The van der Waals surface area contributed by atoms with Crippen LogP contribution in [0, 0.1) is 5.82 Å². The van der Waals surface area contributed by atoms with Gasteiger partial charge in [-0.05, 0) is 48.4 Å². The van der Waals surface area contributed by atoms with Crippen LogP contribution in [0.25, 0.3) is 0 Å². The standard InChI is InChI=1S/C23H21ClFN3O2/c1-2-5-23(30)28(19-10-8-17(25)9-11-19)21-15-18(12-13-26-21)27-22(29)14-16-6-3-4-7-20(16)24/h3-4,6-13,15H,2,5,14H2,1H3,(H,26,27,29). The molecule has 2 amide bonds. The van der Waals surface area contributed by atoms with Gasteiger partial charge in [0.1, 0.15) is 11.6 Å². The lowest BCUT2D eigenvalue weighted by Crippen LogP contribution is -2.26. The summed E-state index contributed by atoms with van der Waals surface area (Å²) in [5.74, 6) is -0.463. The molecule has 1 heterocycles. The van der Waals surface area contributed by atoms with Gasteiger partial charge in [-0.2, -0.15) is 0 Å². The van der Waals surface area contributed by atoms with Crippen LogP contribution < -0.4 is 10.2 Å². The van der Waals surface area contributed by atoms with Crippen molar-refractivity contribution < 1.29 is 14.0 Å². The number of anilines is 3. The molecule has 1 aromatic heterocycles. The third-order valence-corrected chi connectivity index (χ3v) is 4.73. The van der Waals surface area contributed by atoms with Crippen LogP contribution in [0.1, 0.15) is 25.3 Å². The highest BCUT2D eigenvalue weighted by molar-refractivity contribution is 6.31. The second-order valence-corrected chi connectivity index (χ2v) is 7.08. The second kappa shape index (κ2) is 9.98. The summed E-state index contributed by atoms with van der Waals surface area (Å²) in [6.45, 7) is 1.90. The number of pyridine rings is 1. The number of amides is 2. The molecule has 3 rings (SSSR count). The number of rotatable bonds is 7. The number of nitrogens with one attached hydrogen (secondary N) is 1. The summed E-state index contributed by atoms with van der Waals surface area (Å²) >= 11 is 6.12. The quantitative estimate of drug-likeness (QED) is 0.542. The zero-order valence-corrected chi connectivity index (χ0v) is 17.2. The molecule has 0 saturated heterocycles. The molecule has 0 atom stereocenters. The van der Waals surface area contributed by atoms with E-state index >= 15 is 0 Å². The van der Waals surface area contributed by atoms with Gasteiger partial charge in [0.05, 0.1) is 12.1 Å². The molecule has 0 aliphatic heterocycles. The Labute approximate surface area is 179 Å². The average Bonchev–Trinajstić information content (AvgIpc) is 2.72. The summed E-state index contributed by atoms with van der Waals surface area (Å²) in [4.78, 5) is 30.9. The number of nitrogens with zero attached hydrogens (tertiary/aromatic N) is 2. The van der Waals surface area contributed by atoms with Crippen molar-refractivity contribution in [1.82, 2.24) is 4.98 Å². The maximum absolute atomic E-state index is 13.3. The van der Waals surface area contributed by atoms with Crippen LogP contribution in [0.15, 0.2) is 66.9 Å². The molecular weight excluding hydrogens is 405 g/mol. The summed E-state index contributed by atoms with van der Waals surface area (Å²) in [6.07, 6.45) is 2.59. The van der Waals surface area contributed by atoms with Crippen LogP contribution in [-0.4, -0.2) is 16.8 Å². The number of hydrogen-bond donors (Lipinski definition) is 1. The predicted octanol–water partition coefficient (Wildman–Crippen LogP) is 5.52. The Balaban J connectivity index is 1.83. The van der Waals surface area contributed by atoms with E-state index in [9.17, 15) is 14.0 Å². The molecule has 0 aliphatic rings. The zero-order valence-electron chi connectivity index (χ0n) is 16.4. The van der Waals surface area contributed by atoms with Gasteiger partial charge in [-0.3, -0.25) is 14.5 Å². The fourth-order valence-corrected chi connectivity index (χ4v) is 3.16. The molecule has 0 bridgehead atoms. The van der Waals surface area contributed by atoms with Gasteiger partial charge < -0.3 is 5.32 Å². The first-order valence-electron chi connectivity index (χ1n) is 9.55. The van der Waals surface area contributed by atoms with Crippen molar-refractivity contribution >= 4 is 40.6 Å². The van der Waals surface area contributed by atoms with Crippen LogP contribution in [0.4, 0.5) is 21.6 Å². The monoisotopic (exact) mass is 425 g/mol. The molecule has 5 nitrogen and oxygen atoms in total. The number of carbonyl (C=O) groups is 2. The van der Waals surface area contributed by atoms with Gasteiger partial charge in [0.15, 0.2) is 0 Å². The van der Waals surface area contributed by atoms with E-state index in [1.165, 1.54) is 35.4 Å². The maximum atomic E-state index is 13.3. The number of benzene rings is 2. The normalized spacial score (nSPS) is 10.5. The van der Waals surface area contributed by atoms with Crippen molar-refractivity contribution in [3.05, 3.63) is 83.3 Å². The second-order valence-electron chi connectivity index (χ2n) is 6.67. The molecule has 0 aliphatic carbocycles. The topological polar surface area (TPSA) is 62.3 Å². The summed E-state index contributed by atoms with van der Waals surface area (Å²) in [5, 5.41) is 3.33. The van der Waals surface area contributed by atoms with E-state index in [1.54, 1.807) is 30.3 Å². The van der Waals surface area contributed by atoms with Gasteiger partial charge in [0.25, 0.3) is 0 Å². The highest BCUT2D eigenvalue weighted by Crippen LogP contribution is 2.27. The Morgan fingerprint density at radius 1 is 1.10 bits per heavy atom. The molecule has 0 unspecified atom stereocenters. The summed E-state index contributed by atoms with van der Waals surface area (Å²) in [5.41, 5.74) is 1.72. The Kier molecular flexibility index (Phi) is 7.14. The maximum Gasteiger partial charge on any atom is 0.232 e. The fraction of sp³-hybridized carbons (Fsp3) is 0.174. The largest absolute Gasteiger partial charge is 0.326 e. The van der Waals surface area contributed by atoms with E-state index in [4.69, 9.17) is 11.6 Å². The molecule has 0 saturated carbocycles. The molecule has 154 valence electrons. The van der Waals surface area contributed by atoms with Crippen molar-refractivity contribution in [3.63, 3.8) is 0 Å². The number of hydrogen-bond acceptors (Lipinski definition) is 3. The van der Waals surface area contributed by atoms with Gasteiger partial charge in [0.2, 0.25) is 11.8 Å². The van der Waals surface area contributed by atoms with Crippen LogP contribution in [0.3, 0.4) is 0 Å². The zero-order chi connectivity index (χ0) is 21.5. The van der Waals surface area contributed by atoms with Gasteiger partial charge in [-0.25, -0.2) is 9.37 Å². The van der Waals surface area contributed by atoms with Crippen LogP contribution in [-0.2, 0) is 16.0 Å². The van der Waals surface area contributed by atoms with E-state index in [2.05, 4.69) is 10.3 Å². The van der Waals surface area contributed by atoms with E-state index in [0.717, 1.165) is 5.56 Å². The molecule has 7 heteroatoms. The minimum absolute atomic E-state index is 0.119. The lowest BCUT2D eigenvalue weighted by atomic mass is 10.1. The Bertz CT molecular complexity index is 1040. The smallest absolute Gasteiger partial charge is 0.232 e. The van der Waals surface area contributed by atoms with E-state index in [-0.39, 0.29) is 18.2 Å².